The number of hydrogen-bond donors (Lipinski definition) is 0. The van der Waals surface area contributed by atoms with Crippen molar-refractivity contribution in [1.29, 1.82) is 0 Å². The number of para-hydroxylation sites is 2. The molecule has 1 aliphatic heterocycles. The first-order valence-corrected chi connectivity index (χ1v) is 13.8. The van der Waals surface area contributed by atoms with Crippen LogP contribution in [-0.4, -0.2) is 4.98 Å². The van der Waals surface area contributed by atoms with Gasteiger partial charge in [-0.05, 0) is 86.7 Å². The number of pyridine rings is 1. The average molecular weight is 720 g/mol. The van der Waals surface area contributed by atoms with Gasteiger partial charge >= 0.3 is 0 Å². The molecule has 5 heteroatoms. The van der Waals surface area contributed by atoms with Crippen molar-refractivity contribution >= 4 is 44.7 Å². The number of aryl methyl sites for hydroxylation is 6. The topological polar surface area (TPSA) is 33.5 Å². The van der Waals surface area contributed by atoms with Gasteiger partial charge in [0.05, 0.1) is 5.69 Å². The minimum atomic E-state index is 0. The van der Waals surface area contributed by atoms with Crippen LogP contribution in [0, 0.1) is 48.2 Å². The summed E-state index contributed by atoms with van der Waals surface area (Å²) in [5, 5.41) is 2.50. The van der Waals surface area contributed by atoms with Crippen LogP contribution in [0.2, 0.25) is 0 Å². The Kier molecular flexibility index (Phi) is 8.10. The van der Waals surface area contributed by atoms with Crippen molar-refractivity contribution in [1.82, 2.24) is 9.97 Å². The van der Waals surface area contributed by atoms with E-state index < -0.39 is 0 Å². The molecule has 1 aliphatic rings. The zero-order valence-corrected chi connectivity index (χ0v) is 26.5. The number of anilines is 4. The Morgan fingerprint density at radius 1 is 0.585 bits per heavy atom. The molecule has 2 aromatic heterocycles. The van der Waals surface area contributed by atoms with E-state index in [9.17, 15) is 0 Å². The zero-order chi connectivity index (χ0) is 28.0. The molecule has 0 amide bonds. The molecule has 0 N–H and O–H groups in total. The van der Waals surface area contributed by atoms with Gasteiger partial charge in [0.25, 0.3) is 0 Å². The molecule has 0 saturated carbocycles. The third kappa shape index (κ3) is 5.31. The summed E-state index contributed by atoms with van der Waals surface area (Å²) in [6.45, 7) is 15.2. The van der Waals surface area contributed by atoms with Gasteiger partial charge in [-0.25, -0.2) is 4.98 Å². The maximum Gasteiger partial charge on any atom is 0.126 e. The van der Waals surface area contributed by atoms with E-state index in [-0.39, 0.29) is 22.4 Å². The predicted octanol–water partition coefficient (Wildman–Crippen LogP) is 9.29. The number of benzene rings is 4. The molecule has 0 aliphatic carbocycles. The average Bonchev–Trinajstić information content (AvgIpc) is 3.47. The quantitative estimate of drug-likeness (QED) is 0.132. The third-order valence-electron chi connectivity index (χ3n) is 7.58. The van der Waals surface area contributed by atoms with Gasteiger partial charge in [0.1, 0.15) is 5.82 Å². The van der Waals surface area contributed by atoms with Crippen LogP contribution in [0.4, 0.5) is 22.9 Å². The Hall–Kier alpha value is -3.83. The Balaban J connectivity index is 0.000000201. The van der Waals surface area contributed by atoms with Crippen LogP contribution >= 0.6 is 0 Å². The van der Waals surface area contributed by atoms with Crippen LogP contribution in [0.1, 0.15) is 33.4 Å². The van der Waals surface area contributed by atoms with Crippen molar-refractivity contribution in [3.05, 3.63) is 131 Å². The number of rotatable bonds is 2. The number of nitrogens with zero attached hydrogens (tertiary/aromatic N) is 4. The van der Waals surface area contributed by atoms with Crippen molar-refractivity contribution in [3.63, 3.8) is 0 Å². The number of fused-ring (bicyclic) bond motifs is 4. The first-order chi connectivity index (χ1) is 19.3. The number of hydrogen-bond acceptors (Lipinski definition) is 3. The van der Waals surface area contributed by atoms with E-state index in [4.69, 9.17) is 4.98 Å². The van der Waals surface area contributed by atoms with E-state index in [1.807, 2.05) is 24.4 Å². The Morgan fingerprint density at radius 3 is 1.56 bits per heavy atom. The van der Waals surface area contributed by atoms with Gasteiger partial charge in [0.2, 0.25) is 0 Å². The molecule has 4 aromatic carbocycles. The summed E-state index contributed by atoms with van der Waals surface area (Å²) in [5.41, 5.74) is 13.4. The minimum Gasteiger partial charge on any atom is -0.657 e. The van der Waals surface area contributed by atoms with E-state index in [1.54, 1.807) is 0 Å². The molecule has 41 heavy (non-hydrogen) atoms. The minimum absolute atomic E-state index is 0. The van der Waals surface area contributed by atoms with Crippen LogP contribution in [0.3, 0.4) is 0 Å². The molecular weight excluding hydrogens is 685 g/mol. The normalized spacial score (nSPS) is 12.2. The Labute approximate surface area is 258 Å². The Morgan fingerprint density at radius 2 is 1.05 bits per heavy atom. The summed E-state index contributed by atoms with van der Waals surface area (Å²) in [5.74, 6) is 0.979. The van der Waals surface area contributed by atoms with Crippen molar-refractivity contribution in [2.24, 2.45) is 0 Å². The molecule has 3 heterocycles. The molecule has 6 aromatic rings. The van der Waals surface area contributed by atoms with Crippen molar-refractivity contribution < 1.29 is 22.4 Å². The number of aromatic nitrogens is 2. The van der Waals surface area contributed by atoms with Gasteiger partial charge in [0, 0.05) is 40.0 Å². The van der Waals surface area contributed by atoms with Crippen molar-refractivity contribution in [2.45, 2.75) is 41.5 Å². The third-order valence-corrected chi connectivity index (χ3v) is 7.58. The largest absolute Gasteiger partial charge is 0.657 e. The first-order valence-electron chi connectivity index (χ1n) is 13.8. The van der Waals surface area contributed by atoms with E-state index in [2.05, 4.69) is 130 Å². The van der Waals surface area contributed by atoms with Crippen LogP contribution in [0.15, 0.2) is 91.1 Å². The molecule has 0 bridgehead atoms. The van der Waals surface area contributed by atoms with Crippen molar-refractivity contribution in [2.75, 3.05) is 9.80 Å². The van der Waals surface area contributed by atoms with Gasteiger partial charge < -0.3 is 14.8 Å². The molecule has 4 nitrogen and oxygen atoms in total. The predicted molar refractivity (Wildman–Crippen MR) is 169 cm³/mol. The van der Waals surface area contributed by atoms with Gasteiger partial charge in [0.15, 0.2) is 0 Å². The monoisotopic (exact) mass is 719 g/mol. The second kappa shape index (κ2) is 11.6. The van der Waals surface area contributed by atoms with Crippen molar-refractivity contribution in [3.8, 4) is 0 Å². The van der Waals surface area contributed by atoms with Gasteiger partial charge in [-0.2, -0.15) is 0 Å². The molecule has 7 rings (SSSR count). The first kappa shape index (κ1) is 28.7. The summed E-state index contributed by atoms with van der Waals surface area (Å²) in [4.78, 5) is 13.8. The Bertz CT molecular complexity index is 1690. The fourth-order valence-corrected chi connectivity index (χ4v) is 6.17. The molecular formula is C36H34AuN4-2. The van der Waals surface area contributed by atoms with Crippen LogP contribution in [0.25, 0.3) is 21.8 Å². The molecule has 0 saturated heterocycles. The fourth-order valence-electron chi connectivity index (χ4n) is 6.17. The van der Waals surface area contributed by atoms with Gasteiger partial charge in [-0.15, -0.1) is 17.7 Å². The van der Waals surface area contributed by atoms with Gasteiger partial charge in [-0.1, -0.05) is 83.9 Å². The van der Waals surface area contributed by atoms with E-state index in [0.717, 1.165) is 22.5 Å². The maximum atomic E-state index is 4.73. The second-order valence-corrected chi connectivity index (χ2v) is 10.8. The zero-order valence-electron chi connectivity index (χ0n) is 24.3. The second-order valence-electron chi connectivity index (χ2n) is 10.8. The van der Waals surface area contributed by atoms with Crippen LogP contribution < -0.4 is 14.8 Å². The standard InChI is InChI=1S/C24H26N3.C12H8N.Au/c1-15-10-17(3)22(18(4)11-15)26-14-27(24-21(26)8-7-9-25-24)23-19(5)12-16(2)13-20(23)6;1-3-7-11-9(5-1)10-6-2-4-8-12(10)13-11;/h7-14H,1-6H3;1-8H;/q2*-1;. The summed E-state index contributed by atoms with van der Waals surface area (Å²) in [6, 6.07) is 29.6. The van der Waals surface area contributed by atoms with Gasteiger partial charge in [-0.3, -0.25) is 0 Å². The maximum absolute atomic E-state index is 4.73. The molecule has 0 fully saturated rings. The summed E-state index contributed by atoms with van der Waals surface area (Å²) >= 11 is 0. The summed E-state index contributed by atoms with van der Waals surface area (Å²) < 4.78 is 0. The fraction of sp³-hybridized carbons (Fsp3) is 0.167. The summed E-state index contributed by atoms with van der Waals surface area (Å²) in [6.07, 6.45) is 1.87. The van der Waals surface area contributed by atoms with E-state index in [1.165, 1.54) is 55.5 Å². The molecule has 211 valence electrons. The molecule has 1 radical (unpaired) electrons. The van der Waals surface area contributed by atoms with Crippen LogP contribution in [-0.2, 0) is 22.4 Å². The molecule has 0 spiro atoms. The summed E-state index contributed by atoms with van der Waals surface area (Å²) in [7, 11) is 0. The molecule has 0 unspecified atom stereocenters. The van der Waals surface area contributed by atoms with Crippen LogP contribution in [0.5, 0.6) is 0 Å². The SMILES string of the molecule is Cc1cc(C)c(N2[CH-]N(c3c(C)cc(C)cc3C)c3ncccc32)c(C)c1.[Au].c1ccc2c(c1)[n-]c1ccccc12. The van der Waals surface area contributed by atoms with E-state index >= 15 is 0 Å². The smallest absolute Gasteiger partial charge is 0.126 e. The molecule has 0 atom stereocenters. The van der Waals surface area contributed by atoms with E-state index in [0.29, 0.717) is 0 Å².